The highest BCUT2D eigenvalue weighted by Gasteiger charge is 2.29. The summed E-state index contributed by atoms with van der Waals surface area (Å²) in [7, 11) is -1.56. The summed E-state index contributed by atoms with van der Waals surface area (Å²) in [5.74, 6) is 0. The molecule has 1 rings (SSSR count). The maximum absolute atomic E-state index is 13.7. The molecule has 0 amide bonds. The van der Waals surface area contributed by atoms with Crippen molar-refractivity contribution in [2.24, 2.45) is 0 Å². The fraction of sp³-hybridized carbons (Fsp3) is 0.722. The van der Waals surface area contributed by atoms with Crippen molar-refractivity contribution in [1.29, 1.82) is 5.26 Å². The zero-order valence-electron chi connectivity index (χ0n) is 18.4. The molecular formula is C18H29FIN4O7P. The minimum Gasteiger partial charge on any atom is -0.347 e. The Kier molecular flexibility index (Phi) is 14.3. The quantitative estimate of drug-likeness (QED) is 0.102. The van der Waals surface area contributed by atoms with E-state index >= 15 is 0 Å². The number of hydrogen-bond donors (Lipinski definition) is 1. The summed E-state index contributed by atoms with van der Waals surface area (Å²) in [6, 6.07) is 3.30. The van der Waals surface area contributed by atoms with E-state index in [2.05, 4.69) is 8.20 Å². The van der Waals surface area contributed by atoms with Gasteiger partial charge in [-0.3, -0.25) is 14.3 Å². The average molecular weight is 590 g/mol. The molecular weight excluding hydrogens is 561 g/mol. The second-order valence-electron chi connectivity index (χ2n) is 7.07. The zero-order chi connectivity index (χ0) is 24.1. The molecule has 0 spiro atoms. The minimum atomic E-state index is -1.56. The summed E-state index contributed by atoms with van der Waals surface area (Å²) >= 11 is 1.53. The average Bonchev–Trinajstić information content (AvgIpc) is 2.73. The van der Waals surface area contributed by atoms with Gasteiger partial charge < -0.3 is 13.8 Å². The van der Waals surface area contributed by atoms with Gasteiger partial charge in [-0.1, -0.05) is 0 Å². The molecule has 0 aliphatic carbocycles. The van der Waals surface area contributed by atoms with Crippen LogP contribution in [0.25, 0.3) is 0 Å². The Morgan fingerprint density at radius 3 is 2.47 bits per heavy atom. The number of aromatic nitrogens is 2. The topological polar surface area (TPSA) is 128 Å². The van der Waals surface area contributed by atoms with Gasteiger partial charge in [0.1, 0.15) is 19.4 Å². The number of halogens is 2. The number of nitrogens with one attached hydrogen (secondary N) is 1. The van der Waals surface area contributed by atoms with Crippen LogP contribution in [0.2, 0.25) is 0 Å². The van der Waals surface area contributed by atoms with E-state index < -0.39 is 38.8 Å². The molecule has 3 unspecified atom stereocenters. The van der Waals surface area contributed by atoms with Gasteiger partial charge in [-0.25, -0.2) is 18.7 Å². The molecule has 0 aromatic carbocycles. The van der Waals surface area contributed by atoms with Crippen LogP contribution in [0.5, 0.6) is 0 Å². The molecule has 11 nitrogen and oxygen atoms in total. The second kappa shape index (κ2) is 15.8. The van der Waals surface area contributed by atoms with Gasteiger partial charge in [0.25, 0.3) is 14.1 Å². The molecule has 0 aliphatic heterocycles. The second-order valence-corrected chi connectivity index (χ2v) is 8.89. The number of rotatable bonds is 16. The number of nitrogens with zero attached hydrogens (tertiary/aromatic N) is 3. The van der Waals surface area contributed by atoms with Crippen LogP contribution in [0.15, 0.2) is 21.9 Å². The van der Waals surface area contributed by atoms with E-state index in [1.165, 1.54) is 23.0 Å². The van der Waals surface area contributed by atoms with Gasteiger partial charge >= 0.3 is 5.69 Å². The number of alkyl halides is 1. The van der Waals surface area contributed by atoms with E-state index in [0.29, 0.717) is 0 Å². The van der Waals surface area contributed by atoms with Crippen molar-refractivity contribution in [3.63, 3.8) is 0 Å². The van der Waals surface area contributed by atoms with Gasteiger partial charge in [0, 0.05) is 24.3 Å². The van der Waals surface area contributed by atoms with Crippen molar-refractivity contribution in [2.45, 2.75) is 58.5 Å². The van der Waals surface area contributed by atoms with Gasteiger partial charge in [0.15, 0.2) is 29.2 Å². The van der Waals surface area contributed by atoms with Crippen LogP contribution in [0.3, 0.4) is 0 Å². The maximum Gasteiger partial charge on any atom is 0.330 e. The smallest absolute Gasteiger partial charge is 0.330 e. The van der Waals surface area contributed by atoms with Crippen molar-refractivity contribution in [2.75, 3.05) is 26.5 Å². The fourth-order valence-electron chi connectivity index (χ4n) is 2.74. The Bertz CT molecular complexity index is 811. The SMILES string of the molecule is CC(C)N(C(C)C)P(OCCC#N)OCC(COOI)OC(CF)n1ccc(=O)[nH]c1=O. The molecule has 0 aliphatic rings. The third-order valence-electron chi connectivity index (χ3n) is 3.97. The first-order valence-electron chi connectivity index (χ1n) is 9.89. The first kappa shape index (κ1) is 29.1. The van der Waals surface area contributed by atoms with Gasteiger partial charge in [-0.05, 0) is 27.7 Å². The highest BCUT2D eigenvalue weighted by atomic mass is 127. The van der Waals surface area contributed by atoms with E-state index in [-0.39, 0.29) is 38.3 Å². The molecule has 182 valence electrons. The molecule has 3 atom stereocenters. The fourth-order valence-corrected chi connectivity index (χ4v) is 4.52. The van der Waals surface area contributed by atoms with Crippen LogP contribution in [0.1, 0.15) is 40.3 Å². The summed E-state index contributed by atoms with van der Waals surface area (Å²) < 4.78 is 38.8. The molecule has 1 N–H and O–H groups in total. The first-order valence-corrected chi connectivity index (χ1v) is 11.9. The van der Waals surface area contributed by atoms with Crippen molar-refractivity contribution in [3.05, 3.63) is 33.1 Å². The number of aromatic amines is 1. The van der Waals surface area contributed by atoms with Gasteiger partial charge in [-0.15, -0.1) is 0 Å². The molecule has 0 radical (unpaired) electrons. The Hall–Kier alpha value is -0.980. The van der Waals surface area contributed by atoms with Crippen LogP contribution in [-0.2, 0) is 21.9 Å². The highest BCUT2D eigenvalue weighted by molar-refractivity contribution is 14.1. The Morgan fingerprint density at radius 2 is 1.94 bits per heavy atom. The Balaban J connectivity index is 2.99. The third-order valence-corrected chi connectivity index (χ3v) is 6.30. The molecule has 1 heterocycles. The third kappa shape index (κ3) is 9.88. The minimum absolute atomic E-state index is 0.0667. The normalized spacial score (nSPS) is 14.6. The lowest BCUT2D eigenvalue weighted by atomic mass is 10.3. The van der Waals surface area contributed by atoms with Crippen LogP contribution >= 0.6 is 31.5 Å². The zero-order valence-corrected chi connectivity index (χ0v) is 21.5. The van der Waals surface area contributed by atoms with E-state index in [1.807, 2.05) is 38.4 Å². The summed E-state index contributed by atoms with van der Waals surface area (Å²) in [6.45, 7) is 6.95. The largest absolute Gasteiger partial charge is 0.347 e. The van der Waals surface area contributed by atoms with Crippen LogP contribution in [-0.4, -0.2) is 58.9 Å². The first-order chi connectivity index (χ1) is 15.2. The summed E-state index contributed by atoms with van der Waals surface area (Å²) in [4.78, 5) is 30.3. The van der Waals surface area contributed by atoms with E-state index in [4.69, 9.17) is 23.9 Å². The van der Waals surface area contributed by atoms with E-state index in [1.54, 1.807) is 0 Å². The van der Waals surface area contributed by atoms with Crippen LogP contribution < -0.4 is 11.2 Å². The van der Waals surface area contributed by atoms with E-state index in [0.717, 1.165) is 16.8 Å². The standard InChI is InChI=1S/C18H29FIN4O7P/c1-13(2)24(14(3)4)32(28-9-5-7-21)29-12-15(11-27-31-20)30-17(10-19)23-8-6-16(25)22-18(23)26/h6,8,13-15,17H,5,9-12H2,1-4H3,(H,22,25,26). The molecule has 14 heteroatoms. The van der Waals surface area contributed by atoms with Crippen molar-refractivity contribution >= 4 is 31.5 Å². The molecule has 0 saturated carbocycles. The number of hydrogen-bond acceptors (Lipinski definition) is 9. The lowest BCUT2D eigenvalue weighted by molar-refractivity contribution is -0.211. The predicted molar refractivity (Wildman–Crippen MR) is 123 cm³/mol. The molecule has 1 aromatic rings. The van der Waals surface area contributed by atoms with Crippen molar-refractivity contribution in [1.82, 2.24) is 14.2 Å². The van der Waals surface area contributed by atoms with E-state index in [9.17, 15) is 14.0 Å². The van der Waals surface area contributed by atoms with Crippen LogP contribution in [0, 0.1) is 11.3 Å². The highest BCUT2D eigenvalue weighted by Crippen LogP contribution is 2.46. The number of nitriles is 1. The lowest BCUT2D eigenvalue weighted by Gasteiger charge is -2.36. The van der Waals surface area contributed by atoms with Gasteiger partial charge in [0.2, 0.25) is 0 Å². The van der Waals surface area contributed by atoms with Crippen molar-refractivity contribution in [3.8, 4) is 6.07 Å². The maximum atomic E-state index is 13.7. The Morgan fingerprint density at radius 1 is 1.25 bits per heavy atom. The Labute approximate surface area is 201 Å². The molecule has 1 aromatic heterocycles. The summed E-state index contributed by atoms with van der Waals surface area (Å²) in [6.07, 6.45) is -0.800. The van der Waals surface area contributed by atoms with Gasteiger partial charge in [0.05, 0.1) is 25.7 Å². The molecule has 0 saturated heterocycles. The predicted octanol–water partition coefficient (Wildman–Crippen LogP) is 2.98. The van der Waals surface area contributed by atoms with Crippen LogP contribution in [0.4, 0.5) is 4.39 Å². The lowest BCUT2D eigenvalue weighted by Crippen LogP contribution is -2.38. The molecule has 32 heavy (non-hydrogen) atoms. The molecule has 0 fully saturated rings. The van der Waals surface area contributed by atoms with Crippen molar-refractivity contribution < 1.29 is 26.3 Å². The monoisotopic (exact) mass is 590 g/mol. The number of ether oxygens (including phenoxy) is 1. The molecule has 0 bridgehead atoms. The summed E-state index contributed by atoms with van der Waals surface area (Å²) in [5, 5.41) is 8.81. The summed E-state index contributed by atoms with van der Waals surface area (Å²) in [5.41, 5.74) is -1.41. The van der Waals surface area contributed by atoms with Gasteiger partial charge in [-0.2, -0.15) is 8.48 Å². The number of H-pyrrole nitrogens is 1.